The molecule has 0 spiro atoms. The van der Waals surface area contributed by atoms with Crippen LogP contribution in [0.1, 0.15) is 22.8 Å². The van der Waals surface area contributed by atoms with Gasteiger partial charge < -0.3 is 20.4 Å². The van der Waals surface area contributed by atoms with Crippen LogP contribution in [0.15, 0.2) is 24.5 Å². The van der Waals surface area contributed by atoms with E-state index in [1.165, 1.54) is 6.08 Å². The Morgan fingerprint density at radius 1 is 1.29 bits per heavy atom. The summed E-state index contributed by atoms with van der Waals surface area (Å²) in [6.45, 7) is 4.72. The minimum Gasteiger partial charge on any atom is -0.505 e. The third-order valence-corrected chi connectivity index (χ3v) is 2.12. The Morgan fingerprint density at radius 3 is 2.35 bits per heavy atom. The fraction of sp³-hybridized carbons (Fsp3) is 0.0833. The van der Waals surface area contributed by atoms with Crippen LogP contribution in [0.2, 0.25) is 0 Å². The maximum Gasteiger partial charge on any atom is 0.231 e. The number of allylic oxidation sites excluding steroid dienone is 2. The highest BCUT2D eigenvalue weighted by Gasteiger charge is 2.22. The fourth-order valence-electron chi connectivity index (χ4n) is 1.36. The van der Waals surface area contributed by atoms with Crippen LogP contribution in [-0.4, -0.2) is 26.2 Å². The molecule has 90 valence electrons. The molecule has 0 atom stereocenters. The normalized spacial score (nSPS) is 10.6. The predicted octanol–water partition coefficient (Wildman–Crippen LogP) is 2.09. The van der Waals surface area contributed by atoms with Crippen LogP contribution in [0.5, 0.6) is 17.2 Å². The highest BCUT2D eigenvalue weighted by atomic mass is 16.3. The maximum absolute atomic E-state index is 11.6. The van der Waals surface area contributed by atoms with Gasteiger partial charge >= 0.3 is 0 Å². The largest absolute Gasteiger partial charge is 0.505 e. The van der Waals surface area contributed by atoms with Crippen LogP contribution in [-0.2, 0) is 0 Å². The first-order valence-electron chi connectivity index (χ1n) is 4.73. The molecular weight excluding hydrogens is 224 g/mol. The van der Waals surface area contributed by atoms with Crippen molar-refractivity contribution in [1.82, 2.24) is 0 Å². The maximum atomic E-state index is 11.6. The number of carbonyl (C=O) groups excluding carboxylic acids is 1. The van der Waals surface area contributed by atoms with Gasteiger partial charge in [0.1, 0.15) is 0 Å². The molecule has 1 aromatic carbocycles. The minimum atomic E-state index is -0.925. The molecule has 0 heterocycles. The smallest absolute Gasteiger partial charge is 0.231 e. The Bertz CT molecular complexity index is 514. The third kappa shape index (κ3) is 2.23. The van der Waals surface area contributed by atoms with Crippen molar-refractivity contribution in [2.45, 2.75) is 6.92 Å². The van der Waals surface area contributed by atoms with Gasteiger partial charge in [-0.1, -0.05) is 18.7 Å². The standard InChI is InChI=1S/C12H12O5/c1-3-4-7-5-8(14)11(16)12(17)9(7)10(15)6(2)13/h3-5,13-14,16-17H,2H2,1H3/b4-3-. The van der Waals surface area contributed by atoms with Crippen molar-refractivity contribution >= 4 is 11.9 Å². The number of phenols is 3. The van der Waals surface area contributed by atoms with Gasteiger partial charge in [0.15, 0.2) is 17.3 Å². The molecule has 17 heavy (non-hydrogen) atoms. The zero-order chi connectivity index (χ0) is 13.2. The van der Waals surface area contributed by atoms with Crippen LogP contribution >= 0.6 is 0 Å². The number of hydrogen-bond acceptors (Lipinski definition) is 5. The molecule has 0 aliphatic rings. The number of phenolic OH excluding ortho intramolecular Hbond substituents is 3. The summed E-state index contributed by atoms with van der Waals surface area (Å²) in [5, 5.41) is 37.3. The Hall–Kier alpha value is -2.43. The number of aromatic hydroxyl groups is 3. The molecule has 0 aromatic heterocycles. The zero-order valence-electron chi connectivity index (χ0n) is 9.14. The van der Waals surface area contributed by atoms with Crippen LogP contribution < -0.4 is 0 Å². The van der Waals surface area contributed by atoms with Gasteiger partial charge in [0.05, 0.1) is 5.56 Å². The molecule has 0 aliphatic carbocycles. The van der Waals surface area contributed by atoms with Gasteiger partial charge in [-0.25, -0.2) is 0 Å². The van der Waals surface area contributed by atoms with Crippen LogP contribution in [0.4, 0.5) is 0 Å². The van der Waals surface area contributed by atoms with Gasteiger partial charge in [-0.15, -0.1) is 0 Å². The lowest BCUT2D eigenvalue weighted by Crippen LogP contribution is -2.04. The number of carbonyl (C=O) groups is 1. The second-order valence-corrected chi connectivity index (χ2v) is 3.33. The van der Waals surface area contributed by atoms with Gasteiger partial charge in [0, 0.05) is 0 Å². The topological polar surface area (TPSA) is 98.0 Å². The molecule has 0 bridgehead atoms. The molecule has 1 aromatic rings. The highest BCUT2D eigenvalue weighted by Crippen LogP contribution is 2.40. The van der Waals surface area contributed by atoms with Gasteiger partial charge in [0.2, 0.25) is 11.5 Å². The summed E-state index contributed by atoms with van der Waals surface area (Å²) in [5.74, 6) is -3.86. The first-order chi connectivity index (χ1) is 7.90. The van der Waals surface area contributed by atoms with Crippen molar-refractivity contribution in [2.75, 3.05) is 0 Å². The summed E-state index contributed by atoms with van der Waals surface area (Å²) < 4.78 is 0. The molecule has 0 saturated carbocycles. The molecular formula is C12H12O5. The monoisotopic (exact) mass is 236 g/mol. The second-order valence-electron chi connectivity index (χ2n) is 3.33. The number of aliphatic hydroxyl groups is 1. The number of aliphatic hydroxyl groups excluding tert-OH is 1. The fourth-order valence-corrected chi connectivity index (χ4v) is 1.36. The average Bonchev–Trinajstić information content (AvgIpc) is 2.26. The molecule has 4 N–H and O–H groups in total. The Labute approximate surface area is 97.6 Å². The van der Waals surface area contributed by atoms with E-state index in [0.29, 0.717) is 0 Å². The minimum absolute atomic E-state index is 0.167. The Balaban J connectivity index is 3.60. The summed E-state index contributed by atoms with van der Waals surface area (Å²) in [5.41, 5.74) is -0.147. The molecule has 0 amide bonds. The lowest BCUT2D eigenvalue weighted by molar-refractivity contribution is 0.0975. The Kier molecular flexibility index (Phi) is 3.43. The van der Waals surface area contributed by atoms with E-state index in [1.807, 2.05) is 0 Å². The number of benzene rings is 1. The van der Waals surface area contributed by atoms with Crippen LogP contribution in [0, 0.1) is 0 Å². The van der Waals surface area contributed by atoms with Crippen molar-refractivity contribution in [1.29, 1.82) is 0 Å². The van der Waals surface area contributed by atoms with Crippen molar-refractivity contribution < 1.29 is 25.2 Å². The van der Waals surface area contributed by atoms with Gasteiger partial charge in [-0.05, 0) is 18.6 Å². The van der Waals surface area contributed by atoms with Gasteiger partial charge in [0.25, 0.3) is 0 Å². The third-order valence-electron chi connectivity index (χ3n) is 2.12. The number of ketones is 1. The van der Waals surface area contributed by atoms with Gasteiger partial charge in [-0.2, -0.15) is 0 Å². The quantitative estimate of drug-likeness (QED) is 0.279. The van der Waals surface area contributed by atoms with Crippen LogP contribution in [0.3, 0.4) is 0 Å². The summed E-state index contributed by atoms with van der Waals surface area (Å²) in [6, 6.07) is 1.10. The van der Waals surface area contributed by atoms with Crippen LogP contribution in [0.25, 0.3) is 6.08 Å². The highest BCUT2D eigenvalue weighted by molar-refractivity contribution is 6.11. The lowest BCUT2D eigenvalue weighted by Gasteiger charge is -2.10. The van der Waals surface area contributed by atoms with Crippen molar-refractivity contribution in [3.63, 3.8) is 0 Å². The summed E-state index contributed by atoms with van der Waals surface area (Å²) in [6.07, 6.45) is 3.01. The van der Waals surface area contributed by atoms with E-state index in [2.05, 4.69) is 6.58 Å². The lowest BCUT2D eigenvalue weighted by atomic mass is 9.99. The molecule has 0 aliphatic heterocycles. The molecule has 0 fully saturated rings. The first-order valence-corrected chi connectivity index (χ1v) is 4.73. The van der Waals surface area contributed by atoms with E-state index in [9.17, 15) is 20.1 Å². The Morgan fingerprint density at radius 2 is 1.88 bits per heavy atom. The first kappa shape index (κ1) is 12.6. The van der Waals surface area contributed by atoms with E-state index in [-0.39, 0.29) is 11.1 Å². The number of Topliss-reactive ketones (excluding diaryl/α,β-unsaturated/α-hetero) is 1. The van der Waals surface area contributed by atoms with Crippen molar-refractivity contribution in [2.24, 2.45) is 0 Å². The molecule has 0 saturated heterocycles. The van der Waals surface area contributed by atoms with Crippen molar-refractivity contribution in [3.05, 3.63) is 35.6 Å². The van der Waals surface area contributed by atoms with E-state index in [0.717, 1.165) is 6.07 Å². The molecule has 0 radical (unpaired) electrons. The van der Waals surface area contributed by atoms with E-state index in [1.54, 1.807) is 13.0 Å². The molecule has 5 heteroatoms. The van der Waals surface area contributed by atoms with Gasteiger partial charge in [-0.3, -0.25) is 4.79 Å². The average molecular weight is 236 g/mol. The molecule has 1 rings (SSSR count). The molecule has 0 unspecified atom stereocenters. The summed E-state index contributed by atoms with van der Waals surface area (Å²) in [4.78, 5) is 11.6. The number of rotatable bonds is 3. The SMILES string of the molecule is C=C(O)C(=O)c1c(/C=C\C)cc(O)c(O)c1O. The van der Waals surface area contributed by atoms with E-state index in [4.69, 9.17) is 5.11 Å². The van der Waals surface area contributed by atoms with E-state index < -0.39 is 28.8 Å². The summed E-state index contributed by atoms with van der Waals surface area (Å²) in [7, 11) is 0. The number of hydrogen-bond donors (Lipinski definition) is 4. The van der Waals surface area contributed by atoms with E-state index >= 15 is 0 Å². The second kappa shape index (κ2) is 4.61. The molecule has 5 nitrogen and oxygen atoms in total. The summed E-state index contributed by atoms with van der Waals surface area (Å²) >= 11 is 0. The zero-order valence-corrected chi connectivity index (χ0v) is 9.14. The van der Waals surface area contributed by atoms with Crippen molar-refractivity contribution in [3.8, 4) is 17.2 Å². The predicted molar refractivity (Wildman–Crippen MR) is 62.2 cm³/mol.